The van der Waals surface area contributed by atoms with Crippen LogP contribution in [0.2, 0.25) is 0 Å². The Morgan fingerprint density at radius 2 is 1.50 bits per heavy atom. The Morgan fingerprint density at radius 3 is 2.23 bits per heavy atom. The highest BCUT2D eigenvalue weighted by atomic mass is 32.2. The molecule has 4 aliphatic rings. The molecule has 6 rings (SSSR count). The van der Waals surface area contributed by atoms with Gasteiger partial charge in [-0.25, -0.2) is 0 Å². The van der Waals surface area contributed by atoms with E-state index in [1.165, 1.54) is 76.4 Å². The zero-order valence-electron chi connectivity index (χ0n) is 27.1. The summed E-state index contributed by atoms with van der Waals surface area (Å²) in [5, 5.41) is 20.6. The number of thioether (sulfide) groups is 1. The third-order valence-electron chi connectivity index (χ3n) is 10.5. The predicted molar refractivity (Wildman–Crippen MR) is 188 cm³/mol. The summed E-state index contributed by atoms with van der Waals surface area (Å²) in [7, 11) is 0. The lowest BCUT2D eigenvalue weighted by atomic mass is 9.80. The van der Waals surface area contributed by atoms with Gasteiger partial charge in [-0.05, 0) is 66.2 Å². The van der Waals surface area contributed by atoms with Crippen molar-refractivity contribution in [2.45, 2.75) is 94.8 Å². The number of allylic oxidation sites excluding steroid dienone is 6. The van der Waals surface area contributed by atoms with Gasteiger partial charge in [-0.3, -0.25) is 0 Å². The van der Waals surface area contributed by atoms with Gasteiger partial charge in [0.2, 0.25) is 0 Å². The number of β-amino-alcohol motifs (C(OH)–C–C–N with tert-alkyl or cyclic N) is 2. The van der Waals surface area contributed by atoms with E-state index in [2.05, 4.69) is 122 Å². The van der Waals surface area contributed by atoms with Crippen LogP contribution in [0.3, 0.4) is 0 Å². The molecular formula is C39H50N2O2S. The third-order valence-corrected chi connectivity index (χ3v) is 12.0. The fraction of sp³-hybridized carbons (Fsp3) is 0.487. The molecule has 0 saturated heterocycles. The number of hydrogen-bond donors (Lipinski definition) is 2. The molecule has 2 aromatic carbocycles. The van der Waals surface area contributed by atoms with Gasteiger partial charge in [-0.15, -0.1) is 11.8 Å². The van der Waals surface area contributed by atoms with Crippen LogP contribution in [-0.2, 0) is 10.8 Å². The Kier molecular flexibility index (Phi) is 9.20. The Bertz CT molecular complexity index is 1480. The molecule has 2 aliphatic carbocycles. The molecule has 0 aromatic heterocycles. The number of hydrogen-bond acceptors (Lipinski definition) is 5. The summed E-state index contributed by atoms with van der Waals surface area (Å²) in [5.41, 5.74) is 9.16. The van der Waals surface area contributed by atoms with Gasteiger partial charge in [-0.1, -0.05) is 102 Å². The van der Waals surface area contributed by atoms with Crippen LogP contribution in [0, 0.1) is 0 Å². The van der Waals surface area contributed by atoms with Crippen molar-refractivity contribution in [3.63, 3.8) is 0 Å². The summed E-state index contributed by atoms with van der Waals surface area (Å²) in [6.45, 7) is 10.8. The first-order chi connectivity index (χ1) is 21.3. The van der Waals surface area contributed by atoms with Crippen molar-refractivity contribution in [2.24, 2.45) is 0 Å². The Balaban J connectivity index is 1.36. The molecule has 2 heterocycles. The topological polar surface area (TPSA) is 46.9 Å². The molecule has 0 radical (unpaired) electrons. The standard InChI is InChI=1S/C39H50N2O2S/c1-38(2)31-14-8-10-16-33(31)40(24-26-42)35(38)22-20-28-18-19-29(37(28)44-30-12-6-5-7-13-30)21-23-36-39(3,4)32-15-9-11-17-34(32)41(36)25-27-43/h8-11,14-17,20-23,30,35,42-43H,5-7,12-13,18-19,24-27H2,1-4H3/b22-20+,29-21+,36-23+. The number of rotatable bonds is 9. The highest BCUT2D eigenvalue weighted by molar-refractivity contribution is 8.04. The maximum Gasteiger partial charge on any atom is 0.0610 e. The molecule has 1 saturated carbocycles. The molecule has 5 heteroatoms. The first kappa shape index (κ1) is 31.3. The van der Waals surface area contributed by atoms with E-state index in [9.17, 15) is 10.2 Å². The normalized spacial score (nSPS) is 24.7. The second-order valence-electron chi connectivity index (χ2n) is 14.0. The summed E-state index contributed by atoms with van der Waals surface area (Å²) < 4.78 is 0. The SMILES string of the molecule is CC1(C)/C(=C\C=C2/CCC(/C=C/C3N(CCO)c4ccccc4C3(C)C)=C2SC2CCCCC2)N(CCO)c2ccccc21. The Morgan fingerprint density at radius 1 is 0.818 bits per heavy atom. The first-order valence-electron chi connectivity index (χ1n) is 16.7. The van der Waals surface area contributed by atoms with E-state index in [-0.39, 0.29) is 30.1 Å². The van der Waals surface area contributed by atoms with Crippen LogP contribution < -0.4 is 9.80 Å². The molecule has 234 valence electrons. The van der Waals surface area contributed by atoms with Crippen molar-refractivity contribution in [1.29, 1.82) is 0 Å². The van der Waals surface area contributed by atoms with Gasteiger partial charge in [0.05, 0.1) is 19.3 Å². The van der Waals surface area contributed by atoms with Crippen molar-refractivity contribution in [3.05, 3.63) is 106 Å². The maximum absolute atomic E-state index is 9.97. The zero-order valence-corrected chi connectivity index (χ0v) is 27.9. The molecule has 2 aromatic rings. The van der Waals surface area contributed by atoms with E-state index < -0.39 is 0 Å². The van der Waals surface area contributed by atoms with Crippen LogP contribution in [0.4, 0.5) is 11.4 Å². The highest BCUT2D eigenvalue weighted by Crippen LogP contribution is 2.50. The molecule has 1 unspecified atom stereocenters. The minimum Gasteiger partial charge on any atom is -0.395 e. The van der Waals surface area contributed by atoms with E-state index in [0.717, 1.165) is 12.8 Å². The molecular weight excluding hydrogens is 561 g/mol. The van der Waals surface area contributed by atoms with Crippen LogP contribution in [0.15, 0.2) is 94.6 Å². The molecule has 1 fully saturated rings. The smallest absolute Gasteiger partial charge is 0.0610 e. The summed E-state index contributed by atoms with van der Waals surface area (Å²) in [6, 6.07) is 17.6. The number of para-hydroxylation sites is 2. The molecule has 0 bridgehead atoms. The van der Waals surface area contributed by atoms with E-state index in [1.807, 2.05) is 0 Å². The molecule has 2 aliphatic heterocycles. The van der Waals surface area contributed by atoms with Crippen molar-refractivity contribution in [2.75, 3.05) is 36.1 Å². The first-order valence-corrected chi connectivity index (χ1v) is 17.6. The summed E-state index contributed by atoms with van der Waals surface area (Å²) in [5.74, 6) is 0. The fourth-order valence-corrected chi connectivity index (χ4v) is 9.62. The number of anilines is 2. The average molecular weight is 611 g/mol. The predicted octanol–water partition coefficient (Wildman–Crippen LogP) is 8.42. The second kappa shape index (κ2) is 12.9. The molecule has 4 nitrogen and oxygen atoms in total. The highest BCUT2D eigenvalue weighted by Gasteiger charge is 2.43. The second-order valence-corrected chi connectivity index (χ2v) is 15.3. The van der Waals surface area contributed by atoms with Gasteiger partial charge in [-0.2, -0.15) is 0 Å². The van der Waals surface area contributed by atoms with Gasteiger partial charge in [0.15, 0.2) is 0 Å². The lowest BCUT2D eigenvalue weighted by Gasteiger charge is -2.32. The number of benzene rings is 2. The van der Waals surface area contributed by atoms with Crippen molar-refractivity contribution >= 4 is 23.1 Å². The molecule has 44 heavy (non-hydrogen) atoms. The number of nitrogens with zero attached hydrogens (tertiary/aromatic N) is 2. The molecule has 0 spiro atoms. The lowest BCUT2D eigenvalue weighted by Crippen LogP contribution is -2.41. The van der Waals surface area contributed by atoms with Gasteiger partial charge >= 0.3 is 0 Å². The lowest BCUT2D eigenvalue weighted by molar-refractivity contribution is 0.296. The van der Waals surface area contributed by atoms with E-state index in [1.54, 1.807) is 0 Å². The van der Waals surface area contributed by atoms with Crippen LogP contribution in [-0.4, -0.2) is 47.8 Å². The van der Waals surface area contributed by atoms with Crippen LogP contribution in [0.25, 0.3) is 0 Å². The minimum absolute atomic E-state index is 0.0413. The van der Waals surface area contributed by atoms with Crippen molar-refractivity contribution in [1.82, 2.24) is 0 Å². The van der Waals surface area contributed by atoms with Gasteiger partial charge in [0.1, 0.15) is 0 Å². The molecule has 1 atom stereocenters. The number of fused-ring (bicyclic) bond motifs is 2. The van der Waals surface area contributed by atoms with Gasteiger partial charge in [0.25, 0.3) is 0 Å². The van der Waals surface area contributed by atoms with Crippen LogP contribution in [0.1, 0.15) is 83.8 Å². The van der Waals surface area contributed by atoms with Gasteiger partial charge in [0, 0.05) is 51.1 Å². The van der Waals surface area contributed by atoms with Crippen molar-refractivity contribution < 1.29 is 10.2 Å². The summed E-state index contributed by atoms with van der Waals surface area (Å²) >= 11 is 2.13. The van der Waals surface area contributed by atoms with E-state index >= 15 is 0 Å². The van der Waals surface area contributed by atoms with Crippen molar-refractivity contribution in [3.8, 4) is 0 Å². The quantitative estimate of drug-likeness (QED) is 0.299. The monoisotopic (exact) mass is 610 g/mol. The van der Waals surface area contributed by atoms with Crippen LogP contribution in [0.5, 0.6) is 0 Å². The zero-order chi connectivity index (χ0) is 30.9. The number of aliphatic hydroxyl groups is 2. The van der Waals surface area contributed by atoms with E-state index in [4.69, 9.17) is 0 Å². The van der Waals surface area contributed by atoms with E-state index in [0.29, 0.717) is 18.3 Å². The summed E-state index contributed by atoms with van der Waals surface area (Å²) in [6.07, 6.45) is 18.4. The average Bonchev–Trinajstić information content (AvgIpc) is 3.57. The fourth-order valence-electron chi connectivity index (χ4n) is 8.07. The number of aliphatic hydroxyl groups excluding tert-OH is 2. The Hall–Kier alpha value is -2.73. The maximum atomic E-state index is 9.97. The molecule has 2 N–H and O–H groups in total. The minimum atomic E-state index is -0.121. The third kappa shape index (κ3) is 5.72. The van der Waals surface area contributed by atoms with Crippen LogP contribution >= 0.6 is 11.8 Å². The Labute approximate surface area is 269 Å². The van der Waals surface area contributed by atoms with Gasteiger partial charge < -0.3 is 20.0 Å². The summed E-state index contributed by atoms with van der Waals surface area (Å²) in [4.78, 5) is 6.19. The largest absolute Gasteiger partial charge is 0.395 e. The molecule has 0 amide bonds.